The number of nitrogens with one attached hydrogen (secondary N) is 1. The van der Waals surface area contributed by atoms with Crippen molar-refractivity contribution in [3.05, 3.63) is 68.7 Å². The summed E-state index contributed by atoms with van der Waals surface area (Å²) in [6.07, 6.45) is 1.19. The predicted octanol–water partition coefficient (Wildman–Crippen LogP) is 3.27. The molecule has 10 nitrogen and oxygen atoms in total. The maximum Gasteiger partial charge on any atom is 0.271 e. The molecule has 0 saturated carbocycles. The van der Waals surface area contributed by atoms with Crippen molar-refractivity contribution in [2.24, 2.45) is 0 Å². The minimum atomic E-state index is -4.02. The summed E-state index contributed by atoms with van der Waals surface area (Å²) in [6, 6.07) is 9.75. The Bertz CT molecular complexity index is 1200. The van der Waals surface area contributed by atoms with Gasteiger partial charge < -0.3 is 10.2 Å². The standard InChI is InChI=1S/C23H29ClN4O6S/c1-5-20(23(30)25-6-2)26(14-17-9-7-8-10-19(17)24)22(29)15-27(35(4,33)34)21-13-18(28(31)32)12-11-16(21)3/h7-13,20H,5-6,14-15H2,1-4H3,(H,25,30)/t20-/m0/s1. The molecule has 0 aliphatic carbocycles. The summed E-state index contributed by atoms with van der Waals surface area (Å²) < 4.78 is 26.2. The van der Waals surface area contributed by atoms with Crippen LogP contribution in [0.4, 0.5) is 11.4 Å². The van der Waals surface area contributed by atoms with Gasteiger partial charge in [0.2, 0.25) is 21.8 Å². The average molecular weight is 525 g/mol. The Balaban J connectivity index is 2.54. The van der Waals surface area contributed by atoms with Gasteiger partial charge in [-0.05, 0) is 37.5 Å². The van der Waals surface area contributed by atoms with Crippen LogP contribution in [-0.4, -0.2) is 55.4 Å². The van der Waals surface area contributed by atoms with Gasteiger partial charge in [0, 0.05) is 30.2 Å². The highest BCUT2D eigenvalue weighted by Crippen LogP contribution is 2.28. The number of carbonyl (C=O) groups excluding carboxylic acids is 2. The molecule has 0 aliphatic heterocycles. The SMILES string of the molecule is CCNC(=O)[C@H](CC)N(Cc1ccccc1Cl)C(=O)CN(c1cc([N+](=O)[O-])ccc1C)S(C)(=O)=O. The zero-order valence-corrected chi connectivity index (χ0v) is 21.6. The van der Waals surface area contributed by atoms with Crippen molar-refractivity contribution in [3.63, 3.8) is 0 Å². The van der Waals surface area contributed by atoms with Crippen LogP contribution in [0.1, 0.15) is 31.4 Å². The summed E-state index contributed by atoms with van der Waals surface area (Å²) in [4.78, 5) is 38.3. The van der Waals surface area contributed by atoms with Crippen LogP contribution < -0.4 is 9.62 Å². The van der Waals surface area contributed by atoms with E-state index in [1.165, 1.54) is 17.0 Å². The fraction of sp³-hybridized carbons (Fsp3) is 0.391. The molecule has 0 saturated heterocycles. The van der Waals surface area contributed by atoms with Gasteiger partial charge in [0.25, 0.3) is 5.69 Å². The predicted molar refractivity (Wildman–Crippen MR) is 135 cm³/mol. The third-order valence-electron chi connectivity index (χ3n) is 5.39. The van der Waals surface area contributed by atoms with Crippen LogP contribution in [0.15, 0.2) is 42.5 Å². The summed E-state index contributed by atoms with van der Waals surface area (Å²) in [5, 5.41) is 14.4. The van der Waals surface area contributed by atoms with Crippen molar-refractivity contribution in [1.29, 1.82) is 0 Å². The molecule has 2 rings (SSSR count). The quantitative estimate of drug-likeness (QED) is 0.354. The summed E-state index contributed by atoms with van der Waals surface area (Å²) in [7, 11) is -4.02. The molecule has 190 valence electrons. The van der Waals surface area contributed by atoms with Gasteiger partial charge in [-0.25, -0.2) is 8.42 Å². The molecule has 2 aromatic rings. The third kappa shape index (κ3) is 7.15. The number of likely N-dealkylation sites (N-methyl/N-ethyl adjacent to an activating group) is 1. The average Bonchev–Trinajstić information content (AvgIpc) is 2.78. The third-order valence-corrected chi connectivity index (χ3v) is 6.88. The molecule has 1 N–H and O–H groups in total. The van der Waals surface area contributed by atoms with Gasteiger partial charge in [0.05, 0.1) is 16.9 Å². The Kier molecular flexibility index (Phi) is 9.61. The van der Waals surface area contributed by atoms with E-state index in [0.29, 0.717) is 22.7 Å². The molecule has 1 atom stereocenters. The lowest BCUT2D eigenvalue weighted by molar-refractivity contribution is -0.384. The van der Waals surface area contributed by atoms with Crippen LogP contribution in [0.3, 0.4) is 0 Å². The molecule has 0 aliphatic rings. The Hall–Kier alpha value is -3.18. The number of non-ortho nitro benzene ring substituents is 1. The monoisotopic (exact) mass is 524 g/mol. The van der Waals surface area contributed by atoms with Crippen LogP contribution in [0.25, 0.3) is 0 Å². The van der Waals surface area contributed by atoms with Gasteiger partial charge in [0.1, 0.15) is 12.6 Å². The normalized spacial score (nSPS) is 12.0. The lowest BCUT2D eigenvalue weighted by atomic mass is 10.1. The number of halogens is 1. The lowest BCUT2D eigenvalue weighted by Crippen LogP contribution is -2.52. The molecule has 0 bridgehead atoms. The first-order chi connectivity index (χ1) is 16.4. The van der Waals surface area contributed by atoms with Gasteiger partial charge in [0.15, 0.2) is 0 Å². The number of rotatable bonds is 11. The van der Waals surface area contributed by atoms with Gasteiger partial charge in [-0.1, -0.05) is 42.8 Å². The molecule has 0 aromatic heterocycles. The summed E-state index contributed by atoms with van der Waals surface area (Å²) in [5.74, 6) is -1.04. The molecule has 12 heteroatoms. The molecule has 0 radical (unpaired) electrons. The number of anilines is 1. The number of nitro groups is 1. The summed E-state index contributed by atoms with van der Waals surface area (Å²) in [5.41, 5.74) is 0.720. The first kappa shape index (κ1) is 28.1. The molecule has 0 heterocycles. The topological polar surface area (TPSA) is 130 Å². The van der Waals surface area contributed by atoms with Gasteiger partial charge >= 0.3 is 0 Å². The van der Waals surface area contributed by atoms with Gasteiger partial charge in [-0.2, -0.15) is 0 Å². The molecular formula is C23H29ClN4O6S. The van der Waals surface area contributed by atoms with Crippen LogP contribution in [0, 0.1) is 17.0 Å². The zero-order chi connectivity index (χ0) is 26.3. The maximum atomic E-state index is 13.6. The van der Waals surface area contributed by atoms with Crippen molar-refractivity contribution in [1.82, 2.24) is 10.2 Å². The maximum absolute atomic E-state index is 13.6. The molecule has 2 aromatic carbocycles. The van der Waals surface area contributed by atoms with Gasteiger partial charge in [-0.15, -0.1) is 0 Å². The fourth-order valence-electron chi connectivity index (χ4n) is 3.60. The van der Waals surface area contributed by atoms with Crippen LogP contribution >= 0.6 is 11.6 Å². The van der Waals surface area contributed by atoms with Crippen molar-refractivity contribution in [3.8, 4) is 0 Å². The molecule has 0 unspecified atom stereocenters. The number of amides is 2. The Morgan fingerprint density at radius 3 is 2.37 bits per heavy atom. The molecule has 0 spiro atoms. The summed E-state index contributed by atoms with van der Waals surface area (Å²) in [6.45, 7) is 4.76. The zero-order valence-electron chi connectivity index (χ0n) is 20.0. The first-order valence-electron chi connectivity index (χ1n) is 10.9. The van der Waals surface area contributed by atoms with Crippen molar-refractivity contribution < 1.29 is 22.9 Å². The van der Waals surface area contributed by atoms with Crippen LogP contribution in [0.2, 0.25) is 5.02 Å². The van der Waals surface area contributed by atoms with E-state index >= 15 is 0 Å². The minimum Gasteiger partial charge on any atom is -0.355 e. The number of hydrogen-bond acceptors (Lipinski definition) is 6. The highest BCUT2D eigenvalue weighted by Gasteiger charge is 2.32. The molecule has 2 amide bonds. The van der Waals surface area contributed by atoms with E-state index in [1.807, 2.05) is 0 Å². The van der Waals surface area contributed by atoms with Crippen molar-refractivity contribution in [2.75, 3.05) is 23.7 Å². The number of nitrogens with zero attached hydrogens (tertiary/aromatic N) is 3. The Morgan fingerprint density at radius 2 is 1.83 bits per heavy atom. The largest absolute Gasteiger partial charge is 0.355 e. The highest BCUT2D eigenvalue weighted by atomic mass is 35.5. The number of benzene rings is 2. The molecule has 0 fully saturated rings. The smallest absolute Gasteiger partial charge is 0.271 e. The highest BCUT2D eigenvalue weighted by molar-refractivity contribution is 7.92. The van der Waals surface area contributed by atoms with E-state index in [9.17, 15) is 28.1 Å². The second kappa shape index (κ2) is 12.0. The van der Waals surface area contributed by atoms with Crippen molar-refractivity contribution >= 4 is 44.8 Å². The second-order valence-corrected chi connectivity index (χ2v) is 10.2. The number of carbonyl (C=O) groups is 2. The van der Waals surface area contributed by atoms with E-state index in [-0.39, 0.29) is 30.2 Å². The second-order valence-electron chi connectivity index (χ2n) is 7.93. The minimum absolute atomic E-state index is 0.0128. The number of nitro benzene ring substituents is 1. The Labute approximate surface area is 210 Å². The number of sulfonamides is 1. The van der Waals surface area contributed by atoms with Crippen LogP contribution in [-0.2, 0) is 26.2 Å². The van der Waals surface area contributed by atoms with Crippen molar-refractivity contribution in [2.45, 2.75) is 39.8 Å². The van der Waals surface area contributed by atoms with E-state index in [1.54, 1.807) is 45.0 Å². The molecule has 35 heavy (non-hydrogen) atoms. The van der Waals surface area contributed by atoms with E-state index in [4.69, 9.17) is 11.6 Å². The molecular weight excluding hydrogens is 496 g/mol. The van der Waals surface area contributed by atoms with E-state index in [0.717, 1.165) is 16.6 Å². The fourth-order valence-corrected chi connectivity index (χ4v) is 4.69. The summed E-state index contributed by atoms with van der Waals surface area (Å²) >= 11 is 6.30. The number of aryl methyl sites for hydroxylation is 1. The Morgan fingerprint density at radius 1 is 1.17 bits per heavy atom. The number of hydrogen-bond donors (Lipinski definition) is 1. The van der Waals surface area contributed by atoms with Crippen LogP contribution in [0.5, 0.6) is 0 Å². The lowest BCUT2D eigenvalue weighted by Gasteiger charge is -2.33. The van der Waals surface area contributed by atoms with E-state index in [2.05, 4.69) is 5.32 Å². The van der Waals surface area contributed by atoms with E-state index < -0.39 is 33.4 Å². The first-order valence-corrected chi connectivity index (χ1v) is 13.2. The van der Waals surface area contributed by atoms with Gasteiger partial charge in [-0.3, -0.25) is 24.0 Å².